The number of aromatic nitrogens is 1. The van der Waals surface area contributed by atoms with E-state index in [1.807, 2.05) is 49.4 Å². The smallest absolute Gasteiger partial charge is 0.326 e. The van der Waals surface area contributed by atoms with Crippen molar-refractivity contribution in [3.63, 3.8) is 0 Å². The number of rotatable bonds is 8. The molecule has 0 atom stereocenters. The number of methoxy groups -OCH3 is 1. The normalized spacial score (nSPS) is 11.5. The first kappa shape index (κ1) is 21.6. The molecule has 1 aromatic heterocycles. The minimum atomic E-state index is -0.381. The molecular formula is C22H24N2O5S. The number of carbonyl (C=O) groups is 2. The standard InChI is InChI=1S/C22H24N2O5S/c1-4-28-16-8-6-15(7-9-16)12-20(25)23-22-24(14-21(26)29-5-2)18-11-10-17(27-3)13-19(18)30-22/h6-11,13H,4-5,12,14H2,1-3H3. The fraction of sp³-hybridized carbons (Fsp3) is 0.318. The molecule has 0 saturated carbocycles. The van der Waals surface area contributed by atoms with Crippen molar-refractivity contribution < 1.29 is 23.8 Å². The van der Waals surface area contributed by atoms with Gasteiger partial charge in [0, 0.05) is 0 Å². The van der Waals surface area contributed by atoms with Crippen molar-refractivity contribution in [1.29, 1.82) is 0 Å². The Hall–Kier alpha value is -3.13. The van der Waals surface area contributed by atoms with Crippen LogP contribution in [-0.2, 0) is 27.3 Å². The summed E-state index contributed by atoms with van der Waals surface area (Å²) in [7, 11) is 1.59. The summed E-state index contributed by atoms with van der Waals surface area (Å²) in [5, 5.41) is 0. The van der Waals surface area contributed by atoms with Gasteiger partial charge in [-0.05, 0) is 49.7 Å². The molecule has 0 aliphatic rings. The topological polar surface area (TPSA) is 79.1 Å². The van der Waals surface area contributed by atoms with Crippen LogP contribution in [0, 0.1) is 0 Å². The minimum absolute atomic E-state index is 0.0185. The molecule has 0 fully saturated rings. The first-order valence-corrected chi connectivity index (χ1v) is 10.5. The number of ether oxygens (including phenoxy) is 3. The van der Waals surface area contributed by atoms with Crippen molar-refractivity contribution in [3.8, 4) is 11.5 Å². The summed E-state index contributed by atoms with van der Waals surface area (Å²) in [4.78, 5) is 29.4. The number of carbonyl (C=O) groups excluding carboxylic acids is 2. The van der Waals surface area contributed by atoms with Crippen LogP contribution in [0.3, 0.4) is 0 Å². The number of amides is 1. The third-order valence-electron chi connectivity index (χ3n) is 4.29. The second kappa shape index (κ2) is 10.1. The van der Waals surface area contributed by atoms with Gasteiger partial charge >= 0.3 is 5.97 Å². The van der Waals surface area contributed by atoms with Gasteiger partial charge in [-0.3, -0.25) is 9.59 Å². The maximum atomic E-state index is 12.6. The summed E-state index contributed by atoms with van der Waals surface area (Å²) in [5.41, 5.74) is 1.63. The van der Waals surface area contributed by atoms with Crippen molar-refractivity contribution in [2.75, 3.05) is 20.3 Å². The van der Waals surface area contributed by atoms with Gasteiger partial charge in [-0.1, -0.05) is 23.5 Å². The number of hydrogen-bond acceptors (Lipinski definition) is 6. The first-order chi connectivity index (χ1) is 14.5. The number of nitrogens with zero attached hydrogens (tertiary/aromatic N) is 2. The van der Waals surface area contributed by atoms with Gasteiger partial charge in [-0.2, -0.15) is 4.99 Å². The van der Waals surface area contributed by atoms with Gasteiger partial charge in [0.15, 0.2) is 4.80 Å². The molecule has 0 bridgehead atoms. The molecule has 0 saturated heterocycles. The third-order valence-corrected chi connectivity index (χ3v) is 5.33. The summed E-state index contributed by atoms with van der Waals surface area (Å²) in [6.07, 6.45) is 0.156. The Morgan fingerprint density at radius 1 is 1.03 bits per heavy atom. The van der Waals surface area contributed by atoms with Crippen molar-refractivity contribution in [2.24, 2.45) is 4.99 Å². The predicted molar refractivity (Wildman–Crippen MR) is 115 cm³/mol. The van der Waals surface area contributed by atoms with E-state index in [0.717, 1.165) is 21.5 Å². The van der Waals surface area contributed by atoms with Gasteiger partial charge < -0.3 is 18.8 Å². The molecule has 0 N–H and O–H groups in total. The van der Waals surface area contributed by atoms with Crippen LogP contribution in [0.1, 0.15) is 19.4 Å². The van der Waals surface area contributed by atoms with E-state index < -0.39 is 0 Å². The monoisotopic (exact) mass is 428 g/mol. The van der Waals surface area contributed by atoms with Crippen LogP contribution >= 0.6 is 11.3 Å². The summed E-state index contributed by atoms with van der Waals surface area (Å²) in [6.45, 7) is 4.53. The SMILES string of the molecule is CCOC(=O)Cn1c(=NC(=O)Cc2ccc(OCC)cc2)sc2cc(OC)ccc21. The van der Waals surface area contributed by atoms with Gasteiger partial charge in [-0.15, -0.1) is 0 Å². The third kappa shape index (κ3) is 5.27. The quantitative estimate of drug-likeness (QED) is 0.514. The zero-order chi connectivity index (χ0) is 21.5. The van der Waals surface area contributed by atoms with Crippen LogP contribution in [0.4, 0.5) is 0 Å². The molecule has 30 heavy (non-hydrogen) atoms. The van der Waals surface area contributed by atoms with Crippen LogP contribution in [0.5, 0.6) is 11.5 Å². The van der Waals surface area contributed by atoms with E-state index in [-0.39, 0.29) is 24.8 Å². The maximum absolute atomic E-state index is 12.6. The molecular weight excluding hydrogens is 404 g/mol. The predicted octanol–water partition coefficient (Wildman–Crippen LogP) is 3.34. The molecule has 8 heteroatoms. The molecule has 158 valence electrons. The highest BCUT2D eigenvalue weighted by Crippen LogP contribution is 2.23. The van der Waals surface area contributed by atoms with Gasteiger partial charge in [0.05, 0.1) is 37.0 Å². The molecule has 3 rings (SSSR count). The van der Waals surface area contributed by atoms with E-state index in [0.29, 0.717) is 23.8 Å². The number of fused-ring (bicyclic) bond motifs is 1. The highest BCUT2D eigenvalue weighted by molar-refractivity contribution is 7.16. The molecule has 0 aliphatic carbocycles. The Balaban J connectivity index is 1.92. The molecule has 0 spiro atoms. The molecule has 1 amide bonds. The van der Waals surface area contributed by atoms with E-state index in [9.17, 15) is 9.59 Å². The van der Waals surface area contributed by atoms with Crippen molar-refractivity contribution in [3.05, 3.63) is 52.8 Å². The average molecular weight is 429 g/mol. The van der Waals surface area contributed by atoms with Crippen LogP contribution in [0.2, 0.25) is 0 Å². The summed E-state index contributed by atoms with van der Waals surface area (Å²) in [6, 6.07) is 12.9. The van der Waals surface area contributed by atoms with Crippen molar-refractivity contribution >= 4 is 33.4 Å². The lowest BCUT2D eigenvalue weighted by Gasteiger charge is -2.06. The lowest BCUT2D eigenvalue weighted by molar-refractivity contribution is -0.143. The number of hydrogen-bond donors (Lipinski definition) is 0. The summed E-state index contributed by atoms with van der Waals surface area (Å²) in [5.74, 6) is 0.777. The lowest BCUT2D eigenvalue weighted by Crippen LogP contribution is -2.23. The summed E-state index contributed by atoms with van der Waals surface area (Å²) >= 11 is 1.33. The number of esters is 1. The highest BCUT2D eigenvalue weighted by Gasteiger charge is 2.13. The maximum Gasteiger partial charge on any atom is 0.326 e. The Morgan fingerprint density at radius 2 is 1.77 bits per heavy atom. The fourth-order valence-electron chi connectivity index (χ4n) is 2.95. The molecule has 2 aromatic carbocycles. The molecule has 1 heterocycles. The zero-order valence-electron chi connectivity index (χ0n) is 17.2. The average Bonchev–Trinajstić information content (AvgIpc) is 3.05. The highest BCUT2D eigenvalue weighted by atomic mass is 32.1. The van der Waals surface area contributed by atoms with E-state index in [1.165, 1.54) is 11.3 Å². The van der Waals surface area contributed by atoms with Gasteiger partial charge in [0.25, 0.3) is 5.91 Å². The lowest BCUT2D eigenvalue weighted by atomic mass is 10.1. The Kier molecular flexibility index (Phi) is 7.24. The van der Waals surface area contributed by atoms with Gasteiger partial charge in [0.2, 0.25) is 0 Å². The minimum Gasteiger partial charge on any atom is -0.497 e. The number of benzene rings is 2. The van der Waals surface area contributed by atoms with Crippen LogP contribution < -0.4 is 14.3 Å². The zero-order valence-corrected chi connectivity index (χ0v) is 18.0. The Bertz CT molecular complexity index is 1100. The van der Waals surface area contributed by atoms with Gasteiger partial charge in [-0.25, -0.2) is 0 Å². The Labute approximate surface area is 178 Å². The van der Waals surface area contributed by atoms with Crippen LogP contribution in [0.15, 0.2) is 47.5 Å². The molecule has 7 nitrogen and oxygen atoms in total. The molecule has 0 unspecified atom stereocenters. The second-order valence-electron chi connectivity index (χ2n) is 6.37. The fourth-order valence-corrected chi connectivity index (χ4v) is 4.02. The van der Waals surface area contributed by atoms with Gasteiger partial charge in [0.1, 0.15) is 18.0 Å². The van der Waals surface area contributed by atoms with E-state index >= 15 is 0 Å². The van der Waals surface area contributed by atoms with E-state index in [1.54, 1.807) is 18.6 Å². The Morgan fingerprint density at radius 3 is 2.43 bits per heavy atom. The van der Waals surface area contributed by atoms with Crippen molar-refractivity contribution in [1.82, 2.24) is 4.57 Å². The molecule has 3 aromatic rings. The van der Waals surface area contributed by atoms with Crippen LogP contribution in [0.25, 0.3) is 10.2 Å². The van der Waals surface area contributed by atoms with Crippen molar-refractivity contribution in [2.45, 2.75) is 26.8 Å². The van der Waals surface area contributed by atoms with E-state index in [2.05, 4.69) is 4.99 Å². The first-order valence-electron chi connectivity index (χ1n) is 9.66. The largest absolute Gasteiger partial charge is 0.497 e. The summed E-state index contributed by atoms with van der Waals surface area (Å²) < 4.78 is 18.3. The van der Waals surface area contributed by atoms with Crippen LogP contribution in [-0.4, -0.2) is 36.8 Å². The number of thiazole rings is 1. The molecule has 0 radical (unpaired) electrons. The molecule has 0 aliphatic heterocycles. The second-order valence-corrected chi connectivity index (χ2v) is 7.38. The van der Waals surface area contributed by atoms with E-state index in [4.69, 9.17) is 14.2 Å².